The Hall–Kier alpha value is 0.110. The van der Waals surface area contributed by atoms with E-state index >= 15 is 0 Å². The first-order valence-corrected chi connectivity index (χ1v) is 9.62. The lowest BCUT2D eigenvalue weighted by atomic mass is 10.3. The topological polar surface area (TPSA) is 49.4 Å². The predicted octanol–water partition coefficient (Wildman–Crippen LogP) is 2.87. The zero-order valence-electron chi connectivity index (χ0n) is 11.9. The molecule has 0 amide bonds. The van der Waals surface area contributed by atoms with E-state index < -0.39 is 10.0 Å². The number of nitrogens with one attached hydrogen (secondary N) is 1. The highest BCUT2D eigenvalue weighted by Gasteiger charge is 2.13. The first-order valence-electron chi connectivity index (χ1n) is 7.05. The molecule has 0 aliphatic carbocycles. The highest BCUT2D eigenvalue weighted by molar-refractivity contribution is 14.1. The van der Waals surface area contributed by atoms with E-state index in [0.29, 0.717) is 11.4 Å². The molecule has 1 heterocycles. The Morgan fingerprint density at radius 1 is 1.10 bits per heavy atom. The standard InChI is InChI=1S/C14H21IN2O2S.ClH/c15-13-5-7-14(8-6-13)20(18,19)16-9-1-2-10-17-11-3-4-12-17;/h5-8,16H,1-4,9-12H2;1H. The summed E-state index contributed by atoms with van der Waals surface area (Å²) in [6.45, 7) is 4.01. The van der Waals surface area contributed by atoms with Gasteiger partial charge in [0, 0.05) is 10.1 Å². The summed E-state index contributed by atoms with van der Waals surface area (Å²) < 4.78 is 27.8. The van der Waals surface area contributed by atoms with Crippen molar-refractivity contribution >= 4 is 45.0 Å². The summed E-state index contributed by atoms with van der Waals surface area (Å²) >= 11 is 2.16. The quantitative estimate of drug-likeness (QED) is 0.520. The van der Waals surface area contributed by atoms with Gasteiger partial charge >= 0.3 is 0 Å². The lowest BCUT2D eigenvalue weighted by Gasteiger charge is -2.14. The summed E-state index contributed by atoms with van der Waals surface area (Å²) in [7, 11) is -3.34. The molecule has 120 valence electrons. The van der Waals surface area contributed by atoms with Crippen molar-refractivity contribution in [1.82, 2.24) is 9.62 Å². The van der Waals surface area contributed by atoms with Crippen LogP contribution in [0.15, 0.2) is 29.2 Å². The van der Waals surface area contributed by atoms with Crippen LogP contribution in [0.2, 0.25) is 0 Å². The van der Waals surface area contributed by atoms with Crippen LogP contribution in [0.1, 0.15) is 25.7 Å². The van der Waals surface area contributed by atoms with Crippen LogP contribution in [0.5, 0.6) is 0 Å². The van der Waals surface area contributed by atoms with Crippen molar-refractivity contribution in [2.45, 2.75) is 30.6 Å². The highest BCUT2D eigenvalue weighted by Crippen LogP contribution is 2.12. The maximum atomic E-state index is 12.0. The average molecular weight is 445 g/mol. The Bertz CT molecular complexity index is 516. The fraction of sp³-hybridized carbons (Fsp3) is 0.571. The summed E-state index contributed by atoms with van der Waals surface area (Å²) in [5, 5.41) is 0. The van der Waals surface area contributed by atoms with Crippen LogP contribution in [0.3, 0.4) is 0 Å². The van der Waals surface area contributed by atoms with Crippen LogP contribution < -0.4 is 4.72 Å². The molecule has 7 heteroatoms. The molecule has 0 radical (unpaired) electrons. The number of hydrogen-bond acceptors (Lipinski definition) is 3. The van der Waals surface area contributed by atoms with Crippen molar-refractivity contribution in [1.29, 1.82) is 0 Å². The van der Waals surface area contributed by atoms with Crippen LogP contribution in [0.4, 0.5) is 0 Å². The SMILES string of the molecule is Cl.O=S(=O)(NCCCCN1CCCC1)c1ccc(I)cc1. The molecule has 1 aliphatic rings. The number of likely N-dealkylation sites (tertiary alicyclic amines) is 1. The van der Waals surface area contributed by atoms with Crippen LogP contribution >= 0.6 is 35.0 Å². The van der Waals surface area contributed by atoms with Gasteiger partial charge < -0.3 is 4.90 Å². The van der Waals surface area contributed by atoms with E-state index in [1.54, 1.807) is 12.1 Å². The van der Waals surface area contributed by atoms with Gasteiger partial charge in [-0.2, -0.15) is 0 Å². The van der Waals surface area contributed by atoms with E-state index in [-0.39, 0.29) is 12.4 Å². The highest BCUT2D eigenvalue weighted by atomic mass is 127. The Balaban J connectivity index is 0.00000220. The smallest absolute Gasteiger partial charge is 0.240 e. The maximum absolute atomic E-state index is 12.0. The minimum Gasteiger partial charge on any atom is -0.303 e. The summed E-state index contributed by atoms with van der Waals surface area (Å²) in [6.07, 6.45) is 4.55. The van der Waals surface area contributed by atoms with Crippen LogP contribution in [-0.2, 0) is 10.0 Å². The van der Waals surface area contributed by atoms with Gasteiger partial charge in [0.05, 0.1) is 4.90 Å². The van der Waals surface area contributed by atoms with Gasteiger partial charge in [0.1, 0.15) is 0 Å². The molecule has 0 atom stereocenters. The third-order valence-corrected chi connectivity index (χ3v) is 5.71. The van der Waals surface area contributed by atoms with Gasteiger partial charge in [0.2, 0.25) is 10.0 Å². The van der Waals surface area contributed by atoms with Crippen molar-refractivity contribution in [3.63, 3.8) is 0 Å². The molecule has 1 fully saturated rings. The van der Waals surface area contributed by atoms with Crippen molar-refractivity contribution in [2.75, 3.05) is 26.2 Å². The lowest BCUT2D eigenvalue weighted by Crippen LogP contribution is -2.26. The van der Waals surface area contributed by atoms with E-state index in [1.165, 1.54) is 25.9 Å². The lowest BCUT2D eigenvalue weighted by molar-refractivity contribution is 0.330. The molecule has 0 saturated carbocycles. The zero-order chi connectivity index (χ0) is 14.4. The van der Waals surface area contributed by atoms with E-state index in [0.717, 1.165) is 23.0 Å². The molecule has 1 aromatic rings. The van der Waals surface area contributed by atoms with Gasteiger partial charge in [-0.3, -0.25) is 0 Å². The van der Waals surface area contributed by atoms with E-state index in [2.05, 4.69) is 32.2 Å². The molecule has 1 aromatic carbocycles. The maximum Gasteiger partial charge on any atom is 0.240 e. The Kier molecular flexibility index (Phi) is 8.48. The summed E-state index contributed by atoms with van der Waals surface area (Å²) in [5.41, 5.74) is 0. The summed E-state index contributed by atoms with van der Waals surface area (Å²) in [6, 6.07) is 6.91. The molecule has 2 rings (SSSR count). The van der Waals surface area contributed by atoms with Crippen molar-refractivity contribution in [2.24, 2.45) is 0 Å². The molecule has 1 saturated heterocycles. The number of sulfonamides is 1. The number of rotatable bonds is 7. The second kappa shape index (κ2) is 9.29. The van der Waals surface area contributed by atoms with E-state index in [1.807, 2.05) is 12.1 Å². The minimum atomic E-state index is -3.34. The minimum absolute atomic E-state index is 0. The second-order valence-corrected chi connectivity index (χ2v) is 8.12. The summed E-state index contributed by atoms with van der Waals surface area (Å²) in [5.74, 6) is 0. The number of hydrogen-bond donors (Lipinski definition) is 1. The molecule has 1 aliphatic heterocycles. The van der Waals surface area contributed by atoms with E-state index in [4.69, 9.17) is 0 Å². The van der Waals surface area contributed by atoms with Crippen molar-refractivity contribution in [3.8, 4) is 0 Å². The fourth-order valence-electron chi connectivity index (χ4n) is 2.37. The molecule has 1 N–H and O–H groups in total. The second-order valence-electron chi connectivity index (χ2n) is 5.11. The number of unbranched alkanes of at least 4 members (excludes halogenated alkanes) is 1. The molecular formula is C14H22ClIN2O2S. The van der Waals surface area contributed by atoms with E-state index in [9.17, 15) is 8.42 Å². The van der Waals surface area contributed by atoms with Gasteiger partial charge in [-0.25, -0.2) is 13.1 Å². The molecule has 0 aromatic heterocycles. The van der Waals surface area contributed by atoms with Crippen LogP contribution in [0, 0.1) is 3.57 Å². The molecule has 0 bridgehead atoms. The Labute approximate surface area is 147 Å². The Morgan fingerprint density at radius 2 is 1.71 bits per heavy atom. The number of halogens is 2. The first-order chi connectivity index (χ1) is 9.58. The average Bonchev–Trinajstić information content (AvgIpc) is 2.92. The van der Waals surface area contributed by atoms with Crippen molar-refractivity contribution in [3.05, 3.63) is 27.8 Å². The number of nitrogens with zero attached hydrogens (tertiary/aromatic N) is 1. The Morgan fingerprint density at radius 3 is 2.33 bits per heavy atom. The number of benzene rings is 1. The molecule has 0 unspecified atom stereocenters. The van der Waals surface area contributed by atoms with Gasteiger partial charge in [-0.15, -0.1) is 12.4 Å². The van der Waals surface area contributed by atoms with Gasteiger partial charge in [-0.05, 0) is 92.2 Å². The van der Waals surface area contributed by atoms with Crippen molar-refractivity contribution < 1.29 is 8.42 Å². The third-order valence-electron chi connectivity index (χ3n) is 3.52. The first kappa shape index (κ1) is 19.2. The normalized spacial score (nSPS) is 15.9. The van der Waals surface area contributed by atoms with Crippen LogP contribution in [0.25, 0.3) is 0 Å². The predicted molar refractivity (Wildman–Crippen MR) is 96.5 cm³/mol. The molecule has 21 heavy (non-hydrogen) atoms. The molecule has 0 spiro atoms. The zero-order valence-corrected chi connectivity index (χ0v) is 15.7. The monoisotopic (exact) mass is 444 g/mol. The van der Waals surface area contributed by atoms with Crippen LogP contribution in [-0.4, -0.2) is 39.5 Å². The fourth-order valence-corrected chi connectivity index (χ4v) is 3.80. The third kappa shape index (κ3) is 6.40. The van der Waals surface area contributed by atoms with Gasteiger partial charge in [0.25, 0.3) is 0 Å². The largest absolute Gasteiger partial charge is 0.303 e. The summed E-state index contributed by atoms with van der Waals surface area (Å²) in [4.78, 5) is 2.80. The van der Waals surface area contributed by atoms with Gasteiger partial charge in [0.15, 0.2) is 0 Å². The van der Waals surface area contributed by atoms with Gasteiger partial charge in [-0.1, -0.05) is 0 Å². The molecule has 4 nitrogen and oxygen atoms in total. The molecular weight excluding hydrogens is 423 g/mol.